The number of carbonyl (C=O) groups excluding carboxylic acids is 1. The zero-order valence-electron chi connectivity index (χ0n) is 13.4. The second kappa shape index (κ2) is 6.24. The Labute approximate surface area is 142 Å². The van der Waals surface area contributed by atoms with Crippen LogP contribution in [0.5, 0.6) is 5.75 Å². The molecule has 1 aliphatic carbocycles. The Morgan fingerprint density at radius 2 is 1.80 bits per heavy atom. The second-order valence-corrected chi connectivity index (χ2v) is 6.71. The molecule has 1 saturated carbocycles. The van der Waals surface area contributed by atoms with E-state index in [0.29, 0.717) is 37.9 Å². The summed E-state index contributed by atoms with van der Waals surface area (Å²) in [6.45, 7) is 1.05. The van der Waals surface area contributed by atoms with E-state index in [4.69, 9.17) is 5.11 Å². The number of aliphatic carboxylic acids is 1. The van der Waals surface area contributed by atoms with Gasteiger partial charge < -0.3 is 14.7 Å². The third-order valence-electron chi connectivity index (χ3n) is 5.11. The fourth-order valence-electron chi connectivity index (χ4n) is 3.55. The van der Waals surface area contributed by atoms with Crippen molar-refractivity contribution in [1.29, 1.82) is 0 Å². The lowest BCUT2D eigenvalue weighted by molar-refractivity contribution is -0.274. The summed E-state index contributed by atoms with van der Waals surface area (Å²) < 4.78 is 40.2. The lowest BCUT2D eigenvalue weighted by Crippen LogP contribution is -2.40. The van der Waals surface area contributed by atoms with Gasteiger partial charge in [-0.3, -0.25) is 9.59 Å². The van der Waals surface area contributed by atoms with Gasteiger partial charge in [-0.1, -0.05) is 12.1 Å². The molecule has 5 nitrogen and oxygen atoms in total. The molecule has 8 heteroatoms. The van der Waals surface area contributed by atoms with Gasteiger partial charge >= 0.3 is 12.3 Å². The Bertz CT molecular complexity index is 663. The van der Waals surface area contributed by atoms with E-state index >= 15 is 0 Å². The zero-order valence-corrected chi connectivity index (χ0v) is 13.4. The number of carboxylic acids is 1. The molecule has 1 amide bonds. The van der Waals surface area contributed by atoms with Gasteiger partial charge in [0.05, 0.1) is 12.3 Å². The monoisotopic (exact) mass is 357 g/mol. The van der Waals surface area contributed by atoms with Gasteiger partial charge in [0.1, 0.15) is 5.75 Å². The molecule has 1 aromatic carbocycles. The predicted octanol–water partition coefficient (Wildman–Crippen LogP) is 2.84. The molecule has 0 aromatic heterocycles. The van der Waals surface area contributed by atoms with Gasteiger partial charge in [-0.15, -0.1) is 13.2 Å². The largest absolute Gasteiger partial charge is 0.573 e. The Balaban J connectivity index is 1.51. The van der Waals surface area contributed by atoms with Crippen LogP contribution in [0.4, 0.5) is 13.2 Å². The van der Waals surface area contributed by atoms with Crippen LogP contribution in [-0.2, 0) is 16.0 Å². The molecule has 1 N–H and O–H groups in total. The summed E-state index contributed by atoms with van der Waals surface area (Å²) in [7, 11) is 0. The zero-order chi connectivity index (χ0) is 18.2. The molecule has 1 unspecified atom stereocenters. The highest BCUT2D eigenvalue weighted by Crippen LogP contribution is 2.59. The lowest BCUT2D eigenvalue weighted by atomic mass is 9.90. The van der Waals surface area contributed by atoms with E-state index in [1.165, 1.54) is 24.3 Å². The number of carboxylic acid groups (broad SMARTS) is 1. The van der Waals surface area contributed by atoms with Crippen molar-refractivity contribution in [2.45, 2.75) is 32.0 Å². The van der Waals surface area contributed by atoms with Crippen LogP contribution in [0, 0.1) is 11.3 Å². The molecule has 1 aromatic rings. The van der Waals surface area contributed by atoms with E-state index in [1.54, 1.807) is 4.90 Å². The van der Waals surface area contributed by atoms with Gasteiger partial charge in [0.15, 0.2) is 0 Å². The fraction of sp³-hybridized carbons (Fsp3) is 0.529. The minimum atomic E-state index is -4.74. The first-order chi connectivity index (χ1) is 11.7. The van der Waals surface area contributed by atoms with E-state index < -0.39 is 12.3 Å². The van der Waals surface area contributed by atoms with Crippen LogP contribution in [0.15, 0.2) is 24.3 Å². The van der Waals surface area contributed by atoms with Gasteiger partial charge in [-0.2, -0.15) is 0 Å². The number of piperidine rings is 1. The highest BCUT2D eigenvalue weighted by molar-refractivity contribution is 5.79. The van der Waals surface area contributed by atoms with Crippen molar-refractivity contribution in [3.63, 3.8) is 0 Å². The van der Waals surface area contributed by atoms with E-state index in [1.807, 2.05) is 0 Å². The van der Waals surface area contributed by atoms with Crippen molar-refractivity contribution in [3.05, 3.63) is 29.8 Å². The minimum Gasteiger partial charge on any atom is -0.481 e. The van der Waals surface area contributed by atoms with Crippen LogP contribution >= 0.6 is 0 Å². The summed E-state index contributed by atoms with van der Waals surface area (Å²) in [4.78, 5) is 25.1. The number of rotatable bonds is 4. The maximum Gasteiger partial charge on any atom is 0.573 e. The molecule has 1 spiro atoms. The van der Waals surface area contributed by atoms with Crippen molar-refractivity contribution in [2.24, 2.45) is 11.3 Å². The number of nitrogens with zero attached hydrogens (tertiary/aromatic N) is 1. The first kappa shape index (κ1) is 17.6. The van der Waals surface area contributed by atoms with Crippen molar-refractivity contribution in [3.8, 4) is 5.75 Å². The molecule has 25 heavy (non-hydrogen) atoms. The average molecular weight is 357 g/mol. The normalized spacial score (nSPS) is 21.9. The maximum atomic E-state index is 12.3. The first-order valence-corrected chi connectivity index (χ1v) is 8.04. The Morgan fingerprint density at radius 1 is 1.20 bits per heavy atom. The molecule has 1 saturated heterocycles. The minimum absolute atomic E-state index is 0.0989. The molecule has 2 aliphatic rings. The van der Waals surface area contributed by atoms with Crippen LogP contribution in [-0.4, -0.2) is 41.3 Å². The first-order valence-electron chi connectivity index (χ1n) is 8.04. The van der Waals surface area contributed by atoms with Crippen LogP contribution < -0.4 is 4.74 Å². The summed E-state index contributed by atoms with van der Waals surface area (Å²) in [5.74, 6) is -1.48. The number of hydrogen-bond acceptors (Lipinski definition) is 3. The summed E-state index contributed by atoms with van der Waals surface area (Å²) in [5, 5.41) is 9.07. The molecule has 1 aliphatic heterocycles. The summed E-state index contributed by atoms with van der Waals surface area (Å²) >= 11 is 0. The SMILES string of the molecule is O=C(O)C1CC12CCN(C(=O)Cc1ccc(OC(F)(F)F)cc1)CC2. The number of carbonyl (C=O) groups is 2. The molecule has 3 rings (SSSR count). The topological polar surface area (TPSA) is 66.8 Å². The van der Waals surface area contributed by atoms with Crippen molar-refractivity contribution >= 4 is 11.9 Å². The number of hydrogen-bond donors (Lipinski definition) is 1. The molecular weight excluding hydrogens is 339 g/mol. The van der Waals surface area contributed by atoms with E-state index in [2.05, 4.69) is 4.74 Å². The number of halogens is 3. The number of likely N-dealkylation sites (tertiary alicyclic amines) is 1. The number of ether oxygens (including phenoxy) is 1. The standard InChI is InChI=1S/C17H18F3NO4/c18-17(19,20)25-12-3-1-11(2-4-12)9-14(22)21-7-5-16(6-8-21)10-13(16)15(23)24/h1-4,13H,5-10H2,(H,23,24). The Hall–Kier alpha value is -2.25. The highest BCUT2D eigenvalue weighted by Gasteiger charge is 2.59. The van der Waals surface area contributed by atoms with Gasteiger partial charge in [0.25, 0.3) is 0 Å². The summed E-state index contributed by atoms with van der Waals surface area (Å²) in [6.07, 6.45) is -2.58. The summed E-state index contributed by atoms with van der Waals surface area (Å²) in [5.41, 5.74) is 0.466. The fourth-order valence-corrected chi connectivity index (χ4v) is 3.55. The lowest BCUT2D eigenvalue weighted by Gasteiger charge is -2.32. The van der Waals surface area contributed by atoms with Gasteiger partial charge in [-0.25, -0.2) is 0 Å². The van der Waals surface area contributed by atoms with Crippen molar-refractivity contribution in [2.75, 3.05) is 13.1 Å². The Morgan fingerprint density at radius 3 is 2.28 bits per heavy atom. The summed E-state index contributed by atoms with van der Waals surface area (Å²) in [6, 6.07) is 5.24. The molecular formula is C17H18F3NO4. The predicted molar refractivity (Wildman–Crippen MR) is 80.8 cm³/mol. The quantitative estimate of drug-likeness (QED) is 0.900. The van der Waals surface area contributed by atoms with Crippen LogP contribution in [0.2, 0.25) is 0 Å². The highest BCUT2D eigenvalue weighted by atomic mass is 19.4. The number of benzene rings is 1. The number of amides is 1. The van der Waals surface area contributed by atoms with Gasteiger partial charge in [0, 0.05) is 13.1 Å². The molecule has 1 atom stereocenters. The third kappa shape index (κ3) is 4.05. The molecule has 2 fully saturated rings. The second-order valence-electron chi connectivity index (χ2n) is 6.71. The van der Waals surface area contributed by atoms with Gasteiger partial charge in [-0.05, 0) is 42.4 Å². The Kier molecular flexibility index (Phi) is 4.38. The smallest absolute Gasteiger partial charge is 0.481 e. The molecule has 136 valence electrons. The van der Waals surface area contributed by atoms with Crippen LogP contribution in [0.1, 0.15) is 24.8 Å². The van der Waals surface area contributed by atoms with Crippen LogP contribution in [0.25, 0.3) is 0 Å². The maximum absolute atomic E-state index is 12.3. The average Bonchev–Trinajstić information content (AvgIpc) is 3.22. The van der Waals surface area contributed by atoms with E-state index in [-0.39, 0.29) is 29.4 Å². The molecule has 0 bridgehead atoms. The van der Waals surface area contributed by atoms with Gasteiger partial charge in [0.2, 0.25) is 5.91 Å². The van der Waals surface area contributed by atoms with Crippen LogP contribution in [0.3, 0.4) is 0 Å². The van der Waals surface area contributed by atoms with E-state index in [9.17, 15) is 22.8 Å². The van der Waals surface area contributed by atoms with Crippen molar-refractivity contribution in [1.82, 2.24) is 4.90 Å². The molecule has 0 radical (unpaired) electrons. The van der Waals surface area contributed by atoms with E-state index in [0.717, 1.165) is 0 Å². The number of alkyl halides is 3. The molecule has 1 heterocycles. The van der Waals surface area contributed by atoms with Crippen molar-refractivity contribution < 1.29 is 32.6 Å². The third-order valence-corrected chi connectivity index (χ3v) is 5.11.